The van der Waals surface area contributed by atoms with Crippen molar-refractivity contribution < 1.29 is 5.11 Å². The van der Waals surface area contributed by atoms with Crippen molar-refractivity contribution in [2.75, 3.05) is 59.6 Å². The molecule has 6 aromatic carbocycles. The van der Waals surface area contributed by atoms with E-state index in [0.29, 0.717) is 6.54 Å². The highest BCUT2D eigenvalue weighted by Crippen LogP contribution is 2.29. The fourth-order valence-electron chi connectivity index (χ4n) is 7.13. The monoisotopic (exact) mass is 975 g/mol. The number of aromatic nitrogens is 4. The summed E-state index contributed by atoms with van der Waals surface area (Å²) in [6.45, 7) is 26.0. The number of rotatable bonds is 15. The molecule has 0 saturated carbocycles. The molecule has 0 saturated heterocycles. The van der Waals surface area contributed by atoms with E-state index in [-0.39, 0.29) is 6.61 Å². The minimum atomic E-state index is 0.142. The number of hydrogen-bond donors (Lipinski definition) is 3. The summed E-state index contributed by atoms with van der Waals surface area (Å²) in [5.74, 6) is 1.52. The highest BCUT2D eigenvalue weighted by molar-refractivity contribution is 6.15. The van der Waals surface area contributed by atoms with Crippen molar-refractivity contribution in [2.45, 2.75) is 76.2 Å². The molecule has 2 heterocycles. The second-order valence-corrected chi connectivity index (χ2v) is 14.3. The molecular weight excluding hydrogens is 896 g/mol. The standard InChI is InChI=1S/C26H26N4O.C26H26N4.4C2H6.CH3Cl/c1-2-30(15-16-31)24-13-11-23(12-14-24)29-26-18-25(27-19-28-26)22-10-6-9-21(17-22)20-7-4-3-5-8-20;1-3-30(4-2)24-15-13-23(14-16-24)29-26-18-25(27-19-28-26)22-12-8-11-21(17-22)20-9-6-5-7-10-20;5*1-2/h3-14,17-19,31H,2,15-16H2,1H3,(H,27,28,29);5-19H,3-4H2,1-2H3,(H,27,28,29);4*1-2H3;1H3. The van der Waals surface area contributed by atoms with Crippen molar-refractivity contribution in [3.05, 3.63) is 183 Å². The molecule has 0 radical (unpaired) electrons. The third-order valence-corrected chi connectivity index (χ3v) is 10.4. The van der Waals surface area contributed by atoms with Crippen LogP contribution < -0.4 is 20.4 Å². The van der Waals surface area contributed by atoms with E-state index in [0.717, 1.165) is 76.4 Å². The first-order valence-electron chi connectivity index (χ1n) is 25.2. The van der Waals surface area contributed by atoms with Crippen LogP contribution in [0.5, 0.6) is 0 Å². The van der Waals surface area contributed by atoms with Gasteiger partial charge in [-0.05, 0) is 104 Å². The van der Waals surface area contributed by atoms with Gasteiger partial charge in [0.05, 0.1) is 18.0 Å². The number of alkyl halides is 1. The lowest BCUT2D eigenvalue weighted by Gasteiger charge is -2.22. The maximum Gasteiger partial charge on any atom is 0.134 e. The van der Waals surface area contributed by atoms with Crippen LogP contribution in [0.15, 0.2) is 183 Å². The van der Waals surface area contributed by atoms with Gasteiger partial charge in [-0.25, -0.2) is 19.9 Å². The maximum atomic E-state index is 9.21. The summed E-state index contributed by atoms with van der Waals surface area (Å²) < 4.78 is 0. The van der Waals surface area contributed by atoms with Gasteiger partial charge in [-0.1, -0.05) is 152 Å². The van der Waals surface area contributed by atoms with Gasteiger partial charge in [0.25, 0.3) is 0 Å². The highest BCUT2D eigenvalue weighted by atomic mass is 35.5. The van der Waals surface area contributed by atoms with E-state index in [1.807, 2.05) is 116 Å². The normalized spacial score (nSPS) is 9.55. The van der Waals surface area contributed by atoms with Crippen LogP contribution in [0.1, 0.15) is 76.2 Å². The van der Waals surface area contributed by atoms with Crippen molar-refractivity contribution in [1.82, 2.24) is 19.9 Å². The molecule has 9 nitrogen and oxygen atoms in total. The Morgan fingerprint density at radius 1 is 0.394 bits per heavy atom. The molecule has 0 atom stereocenters. The number of nitrogens with zero attached hydrogens (tertiary/aromatic N) is 6. The number of likely N-dealkylation sites (N-methyl/N-ethyl adjacent to an activating group) is 1. The van der Waals surface area contributed by atoms with E-state index in [9.17, 15) is 5.11 Å². The molecule has 0 unspecified atom stereocenters. The SMILES string of the molecule is CC.CC.CC.CC.CCN(CC)c1ccc(Nc2cc(-c3cccc(-c4ccccc4)c3)ncn2)cc1.CCN(CCO)c1ccc(Nc2cc(-c3cccc(-c4ccccc4)c3)ncn2)cc1.CCl. The summed E-state index contributed by atoms with van der Waals surface area (Å²) in [7, 11) is 0. The summed E-state index contributed by atoms with van der Waals surface area (Å²) in [6, 6.07) is 58.1. The molecule has 8 aromatic rings. The van der Waals surface area contributed by atoms with Crippen LogP contribution in [0.4, 0.5) is 34.4 Å². The summed E-state index contributed by atoms with van der Waals surface area (Å²) in [5.41, 5.74) is 12.9. The second-order valence-electron chi connectivity index (χ2n) is 14.3. The fraction of sp³-hybridized carbons (Fsp3) is 0.279. The molecule has 0 aliphatic rings. The van der Waals surface area contributed by atoms with E-state index in [1.54, 1.807) is 12.7 Å². The maximum absolute atomic E-state index is 9.21. The van der Waals surface area contributed by atoms with Crippen molar-refractivity contribution in [3.63, 3.8) is 0 Å². The molecule has 8 rings (SSSR count). The molecule has 3 N–H and O–H groups in total. The molecule has 0 fully saturated rings. The molecule has 0 bridgehead atoms. The Morgan fingerprint density at radius 3 is 1.08 bits per heavy atom. The lowest BCUT2D eigenvalue weighted by Crippen LogP contribution is -2.25. The van der Waals surface area contributed by atoms with E-state index in [1.165, 1.54) is 28.8 Å². The number of aliphatic hydroxyl groups is 1. The average molecular weight is 976 g/mol. The Balaban J connectivity index is 0.000000415. The topological polar surface area (TPSA) is 102 Å². The third-order valence-electron chi connectivity index (χ3n) is 10.4. The summed E-state index contributed by atoms with van der Waals surface area (Å²) in [4.78, 5) is 22.2. The molecule has 0 aliphatic carbocycles. The Hall–Kier alpha value is -7.07. The molecule has 2 aromatic heterocycles. The number of halogens is 1. The lowest BCUT2D eigenvalue weighted by molar-refractivity contribution is 0.302. The quantitative estimate of drug-likeness (QED) is 0.0867. The smallest absolute Gasteiger partial charge is 0.134 e. The van der Waals surface area contributed by atoms with Gasteiger partial charge in [0.1, 0.15) is 24.3 Å². The minimum absolute atomic E-state index is 0.142. The number of nitrogens with one attached hydrogen (secondary N) is 2. The fourth-order valence-corrected chi connectivity index (χ4v) is 7.13. The van der Waals surface area contributed by atoms with E-state index in [4.69, 9.17) is 0 Å². The first-order chi connectivity index (χ1) is 35.0. The van der Waals surface area contributed by atoms with Gasteiger partial charge in [0, 0.05) is 78.6 Å². The van der Waals surface area contributed by atoms with Crippen LogP contribution in [0.25, 0.3) is 44.8 Å². The van der Waals surface area contributed by atoms with Gasteiger partial charge >= 0.3 is 0 Å². The Labute approximate surface area is 432 Å². The van der Waals surface area contributed by atoms with Crippen LogP contribution in [-0.4, -0.2) is 64.2 Å². The molecule has 0 aliphatic heterocycles. The first-order valence-corrected chi connectivity index (χ1v) is 26.0. The zero-order valence-electron chi connectivity index (χ0n) is 44.4. The number of hydrogen-bond acceptors (Lipinski definition) is 9. The second kappa shape index (κ2) is 36.0. The van der Waals surface area contributed by atoms with Gasteiger partial charge in [-0.3, -0.25) is 0 Å². The van der Waals surface area contributed by atoms with E-state index >= 15 is 0 Å². The largest absolute Gasteiger partial charge is 0.395 e. The predicted molar refractivity (Wildman–Crippen MR) is 311 cm³/mol. The van der Waals surface area contributed by atoms with Crippen molar-refractivity contribution in [2.24, 2.45) is 0 Å². The van der Waals surface area contributed by atoms with E-state index < -0.39 is 0 Å². The average Bonchev–Trinajstić information content (AvgIpc) is 3.47. The van der Waals surface area contributed by atoms with Gasteiger partial charge in [-0.15, -0.1) is 11.6 Å². The molecule has 71 heavy (non-hydrogen) atoms. The summed E-state index contributed by atoms with van der Waals surface area (Å²) in [6.07, 6.45) is 4.67. The van der Waals surface area contributed by atoms with Gasteiger partial charge < -0.3 is 25.5 Å². The van der Waals surface area contributed by atoms with Crippen molar-refractivity contribution in [1.29, 1.82) is 0 Å². The molecule has 0 spiro atoms. The van der Waals surface area contributed by atoms with Gasteiger partial charge in [0.15, 0.2) is 0 Å². The zero-order chi connectivity index (χ0) is 52.2. The zero-order valence-corrected chi connectivity index (χ0v) is 45.1. The lowest BCUT2D eigenvalue weighted by atomic mass is 10.0. The molecule has 0 amide bonds. The van der Waals surface area contributed by atoms with Gasteiger partial charge in [-0.2, -0.15) is 0 Å². The Morgan fingerprint density at radius 2 is 0.732 bits per heavy atom. The van der Waals surface area contributed by atoms with Crippen molar-refractivity contribution >= 4 is 46.0 Å². The van der Waals surface area contributed by atoms with Crippen molar-refractivity contribution in [3.8, 4) is 44.8 Å². The van der Waals surface area contributed by atoms with Crippen LogP contribution in [-0.2, 0) is 0 Å². The highest BCUT2D eigenvalue weighted by Gasteiger charge is 2.09. The number of aliphatic hydroxyl groups excluding tert-OH is 1. The molecule has 10 heteroatoms. The Kier molecular flexibility index (Phi) is 30.4. The predicted octanol–water partition coefficient (Wildman–Crippen LogP) is 16.7. The summed E-state index contributed by atoms with van der Waals surface area (Å²) >= 11 is 4.64. The van der Waals surface area contributed by atoms with Crippen LogP contribution >= 0.6 is 11.6 Å². The number of anilines is 6. The summed E-state index contributed by atoms with van der Waals surface area (Å²) in [5, 5.41) is 16.0. The van der Waals surface area contributed by atoms with Crippen LogP contribution in [0.2, 0.25) is 0 Å². The van der Waals surface area contributed by atoms with Crippen LogP contribution in [0, 0.1) is 0 Å². The minimum Gasteiger partial charge on any atom is -0.395 e. The van der Waals surface area contributed by atoms with Gasteiger partial charge in [0.2, 0.25) is 0 Å². The van der Waals surface area contributed by atoms with E-state index in [2.05, 4.69) is 182 Å². The Bertz CT molecular complexity index is 2570. The van der Waals surface area contributed by atoms with Crippen LogP contribution in [0.3, 0.4) is 0 Å². The third kappa shape index (κ3) is 19.3. The first kappa shape index (κ1) is 60.1. The molecule has 376 valence electrons. The number of benzene rings is 6. The molecular formula is C61H79ClN8O.